The number of halogens is 1. The topological polar surface area (TPSA) is 84.3 Å². The zero-order valence-corrected chi connectivity index (χ0v) is 14.3. The molecule has 0 aliphatic heterocycles. The molecule has 1 heterocycles. The monoisotopic (exact) mass is 348 g/mol. The molecule has 0 atom stereocenters. The van der Waals surface area contributed by atoms with Crippen LogP contribution in [0.15, 0.2) is 35.1 Å². The van der Waals surface area contributed by atoms with E-state index >= 15 is 0 Å². The molecule has 1 aromatic carbocycles. The summed E-state index contributed by atoms with van der Waals surface area (Å²) in [6.07, 6.45) is 0. The van der Waals surface area contributed by atoms with E-state index in [9.17, 15) is 14.4 Å². The number of amides is 2. The minimum absolute atomic E-state index is 0.215. The molecule has 0 radical (unpaired) electrons. The highest BCUT2D eigenvalue weighted by Gasteiger charge is 2.17. The molecule has 2 aromatic rings. The van der Waals surface area contributed by atoms with Crippen LogP contribution in [0.4, 0.5) is 0 Å². The first-order valence-electron chi connectivity index (χ1n) is 7.15. The van der Waals surface area contributed by atoms with Crippen LogP contribution in [0.2, 0.25) is 5.02 Å². The average molecular weight is 349 g/mol. The lowest BCUT2D eigenvalue weighted by molar-refractivity contribution is -0.127. The van der Waals surface area contributed by atoms with E-state index < -0.39 is 11.3 Å². The van der Waals surface area contributed by atoms with Crippen molar-refractivity contribution < 1.29 is 9.59 Å². The summed E-state index contributed by atoms with van der Waals surface area (Å²) in [6.45, 7) is 1.47. The van der Waals surface area contributed by atoms with Gasteiger partial charge in [-0.05, 0) is 19.1 Å². The van der Waals surface area contributed by atoms with Crippen molar-refractivity contribution in [3.05, 3.63) is 57.0 Å². The van der Waals surface area contributed by atoms with E-state index in [2.05, 4.69) is 10.4 Å². The molecule has 1 N–H and O–H groups in total. The van der Waals surface area contributed by atoms with Gasteiger partial charge in [-0.25, -0.2) is 4.68 Å². The van der Waals surface area contributed by atoms with Gasteiger partial charge in [-0.1, -0.05) is 23.7 Å². The highest BCUT2D eigenvalue weighted by atomic mass is 35.5. The largest absolute Gasteiger partial charge is 0.347 e. The van der Waals surface area contributed by atoms with Gasteiger partial charge in [-0.15, -0.1) is 0 Å². The number of nitrogens with zero attached hydrogens (tertiary/aromatic N) is 3. The number of carbonyl (C=O) groups is 2. The number of aryl methyl sites for hydroxylation is 1. The summed E-state index contributed by atoms with van der Waals surface area (Å²) in [5.41, 5.74) is 0.266. The highest BCUT2D eigenvalue weighted by Crippen LogP contribution is 2.19. The first-order valence-corrected chi connectivity index (χ1v) is 7.53. The Morgan fingerprint density at radius 1 is 1.29 bits per heavy atom. The van der Waals surface area contributed by atoms with Crippen LogP contribution in [0.25, 0.3) is 5.69 Å². The summed E-state index contributed by atoms with van der Waals surface area (Å²) in [5.74, 6) is -1.00. The molecule has 7 nitrogen and oxygen atoms in total. The molecule has 0 aliphatic carbocycles. The van der Waals surface area contributed by atoms with Gasteiger partial charge < -0.3 is 10.2 Å². The van der Waals surface area contributed by atoms with E-state index in [1.54, 1.807) is 45.3 Å². The second-order valence-corrected chi connectivity index (χ2v) is 5.74. The molecule has 8 heteroatoms. The maximum absolute atomic E-state index is 12.2. The van der Waals surface area contributed by atoms with E-state index in [1.165, 1.54) is 15.6 Å². The van der Waals surface area contributed by atoms with E-state index in [4.69, 9.17) is 11.6 Å². The molecule has 2 rings (SSSR count). The quantitative estimate of drug-likeness (QED) is 0.893. The van der Waals surface area contributed by atoms with E-state index in [0.717, 1.165) is 0 Å². The minimum atomic E-state index is -0.712. The van der Waals surface area contributed by atoms with Crippen LogP contribution in [-0.2, 0) is 4.79 Å². The summed E-state index contributed by atoms with van der Waals surface area (Å²) in [7, 11) is 3.14. The molecule has 0 fully saturated rings. The third-order valence-corrected chi connectivity index (χ3v) is 3.62. The van der Waals surface area contributed by atoms with Crippen LogP contribution >= 0.6 is 11.6 Å². The van der Waals surface area contributed by atoms with E-state index in [1.807, 2.05) is 0 Å². The predicted octanol–water partition coefficient (Wildman–Crippen LogP) is 1.01. The molecular weight excluding hydrogens is 332 g/mol. The molecule has 0 saturated carbocycles. The molecule has 2 amide bonds. The van der Waals surface area contributed by atoms with Crippen LogP contribution < -0.4 is 10.7 Å². The van der Waals surface area contributed by atoms with Gasteiger partial charge in [0.25, 0.3) is 5.91 Å². The summed E-state index contributed by atoms with van der Waals surface area (Å²) >= 11 is 6.15. The number of benzene rings is 1. The molecule has 0 unspecified atom stereocenters. The predicted molar refractivity (Wildman–Crippen MR) is 90.6 cm³/mol. The van der Waals surface area contributed by atoms with Crippen molar-refractivity contribution in [3.63, 3.8) is 0 Å². The van der Waals surface area contributed by atoms with Crippen molar-refractivity contribution in [1.29, 1.82) is 0 Å². The Labute approximate surface area is 143 Å². The number of hydrogen-bond donors (Lipinski definition) is 1. The number of aromatic nitrogens is 2. The second kappa shape index (κ2) is 7.27. The normalized spacial score (nSPS) is 10.3. The Bertz CT molecular complexity index is 845. The van der Waals surface area contributed by atoms with Crippen LogP contribution in [0.1, 0.15) is 16.2 Å². The lowest BCUT2D eigenvalue weighted by Crippen LogP contribution is -2.39. The highest BCUT2D eigenvalue weighted by molar-refractivity contribution is 6.32. The Morgan fingerprint density at radius 2 is 1.96 bits per heavy atom. The first kappa shape index (κ1) is 17.7. The summed E-state index contributed by atoms with van der Waals surface area (Å²) in [5, 5.41) is 6.94. The molecule has 24 heavy (non-hydrogen) atoms. The van der Waals surface area contributed by atoms with Crippen molar-refractivity contribution in [2.24, 2.45) is 0 Å². The fourth-order valence-corrected chi connectivity index (χ4v) is 2.19. The van der Waals surface area contributed by atoms with Crippen molar-refractivity contribution in [3.8, 4) is 5.69 Å². The van der Waals surface area contributed by atoms with Gasteiger partial charge in [0.1, 0.15) is 0 Å². The van der Waals surface area contributed by atoms with Crippen LogP contribution in [-0.4, -0.2) is 47.1 Å². The summed E-state index contributed by atoms with van der Waals surface area (Å²) < 4.78 is 1.42. The molecule has 1 aromatic heterocycles. The minimum Gasteiger partial charge on any atom is -0.347 e. The van der Waals surface area contributed by atoms with Crippen LogP contribution in [0, 0.1) is 6.92 Å². The SMILES string of the molecule is Cc1cc(=O)c(C(=O)NCC(=O)N(C)C)nn1-c1ccccc1Cl. The Morgan fingerprint density at radius 3 is 2.58 bits per heavy atom. The Hall–Kier alpha value is -2.67. The van der Waals surface area contributed by atoms with Gasteiger partial charge >= 0.3 is 0 Å². The Balaban J connectivity index is 2.37. The number of carbonyl (C=O) groups excluding carboxylic acids is 2. The maximum atomic E-state index is 12.2. The lowest BCUT2D eigenvalue weighted by Gasteiger charge is -2.13. The lowest BCUT2D eigenvalue weighted by atomic mass is 10.2. The van der Waals surface area contributed by atoms with E-state index in [-0.39, 0.29) is 18.1 Å². The molecule has 0 aliphatic rings. The Kier molecular flexibility index (Phi) is 5.35. The van der Waals surface area contributed by atoms with Gasteiger partial charge in [0.2, 0.25) is 11.3 Å². The average Bonchev–Trinajstić information content (AvgIpc) is 2.53. The number of hydrogen-bond acceptors (Lipinski definition) is 4. The zero-order chi connectivity index (χ0) is 17.9. The van der Waals surface area contributed by atoms with Crippen LogP contribution in [0.3, 0.4) is 0 Å². The van der Waals surface area contributed by atoms with Crippen molar-refractivity contribution in [1.82, 2.24) is 20.0 Å². The zero-order valence-electron chi connectivity index (χ0n) is 13.5. The molecular formula is C16H17ClN4O3. The number of para-hydroxylation sites is 1. The second-order valence-electron chi connectivity index (χ2n) is 5.33. The van der Waals surface area contributed by atoms with Gasteiger partial charge in [0, 0.05) is 25.9 Å². The fourth-order valence-electron chi connectivity index (χ4n) is 1.97. The molecule has 0 saturated heterocycles. The first-order chi connectivity index (χ1) is 11.3. The van der Waals surface area contributed by atoms with Crippen LogP contribution in [0.5, 0.6) is 0 Å². The fraction of sp³-hybridized carbons (Fsp3) is 0.250. The number of likely N-dealkylation sites (N-methyl/N-ethyl adjacent to an activating group) is 1. The number of rotatable bonds is 4. The molecule has 0 spiro atoms. The molecule has 0 bridgehead atoms. The summed E-state index contributed by atoms with van der Waals surface area (Å²) in [6, 6.07) is 8.26. The molecule has 126 valence electrons. The third-order valence-electron chi connectivity index (χ3n) is 3.30. The van der Waals surface area contributed by atoms with Gasteiger partial charge in [-0.3, -0.25) is 14.4 Å². The summed E-state index contributed by atoms with van der Waals surface area (Å²) in [4.78, 5) is 37.1. The maximum Gasteiger partial charge on any atom is 0.276 e. The van der Waals surface area contributed by atoms with Crippen molar-refractivity contribution in [2.45, 2.75) is 6.92 Å². The third kappa shape index (κ3) is 3.80. The standard InChI is InChI=1S/C16H17ClN4O3/c1-10-8-13(22)15(16(24)18-9-14(23)20(2)3)19-21(10)12-7-5-4-6-11(12)17/h4-8H,9H2,1-3H3,(H,18,24). The van der Waals surface area contributed by atoms with Gasteiger partial charge in [0.15, 0.2) is 5.69 Å². The van der Waals surface area contributed by atoms with Crippen molar-refractivity contribution >= 4 is 23.4 Å². The van der Waals surface area contributed by atoms with Gasteiger partial charge in [0.05, 0.1) is 17.3 Å². The van der Waals surface area contributed by atoms with Gasteiger partial charge in [-0.2, -0.15) is 5.10 Å². The smallest absolute Gasteiger partial charge is 0.276 e. The van der Waals surface area contributed by atoms with E-state index in [0.29, 0.717) is 16.4 Å². The number of nitrogens with one attached hydrogen (secondary N) is 1. The van der Waals surface area contributed by atoms with Crippen molar-refractivity contribution in [2.75, 3.05) is 20.6 Å².